The van der Waals surface area contributed by atoms with Gasteiger partial charge in [-0.05, 0) is 70.6 Å². The minimum atomic E-state index is -4.52. The summed E-state index contributed by atoms with van der Waals surface area (Å²) in [6, 6.07) is 0. The van der Waals surface area contributed by atoms with Crippen molar-refractivity contribution >= 4 is 13.8 Å². The van der Waals surface area contributed by atoms with Crippen molar-refractivity contribution in [1.29, 1.82) is 0 Å². The van der Waals surface area contributed by atoms with Gasteiger partial charge in [0.2, 0.25) is 0 Å². The third kappa shape index (κ3) is 39.9. The van der Waals surface area contributed by atoms with Gasteiger partial charge in [0, 0.05) is 13.0 Å². The molecule has 0 aliphatic heterocycles. The smallest absolute Gasteiger partial charge is 0.457 e. The van der Waals surface area contributed by atoms with E-state index < -0.39 is 39.2 Å². The average molecular weight is 771 g/mol. The van der Waals surface area contributed by atoms with E-state index in [0.29, 0.717) is 13.0 Å². The molecule has 0 aromatic rings. The fourth-order valence-corrected chi connectivity index (χ4v) is 6.33. The molecule has 310 valence electrons. The molecule has 0 saturated heterocycles. The zero-order valence-corrected chi connectivity index (χ0v) is 34.6. The number of phosphoric ester groups is 1. The predicted molar refractivity (Wildman–Crippen MR) is 219 cm³/mol. The number of carbonyl (C=O) groups excluding carboxylic acids is 1. The SMILES string of the molecule is CC/C=C\C/C=C\C/C=C\CCCCCCCCCCOCC(COP(=O)(O)OCC(O)CO)OC(=O)CCCCCCC/C=C\CCCCCCC. The Balaban J connectivity index is 4.20. The van der Waals surface area contributed by atoms with Crippen LogP contribution in [0.2, 0.25) is 0 Å². The minimum Gasteiger partial charge on any atom is -0.457 e. The first-order valence-corrected chi connectivity index (χ1v) is 22.6. The van der Waals surface area contributed by atoms with Crippen LogP contribution in [0.15, 0.2) is 48.6 Å². The summed E-state index contributed by atoms with van der Waals surface area (Å²) in [6.45, 7) is 3.37. The molecular weight excluding hydrogens is 691 g/mol. The van der Waals surface area contributed by atoms with Crippen LogP contribution in [0.5, 0.6) is 0 Å². The van der Waals surface area contributed by atoms with Gasteiger partial charge in [0.1, 0.15) is 12.2 Å². The molecule has 0 radical (unpaired) electrons. The largest absolute Gasteiger partial charge is 0.472 e. The lowest BCUT2D eigenvalue weighted by atomic mass is 10.1. The predicted octanol–water partition coefficient (Wildman–Crippen LogP) is 11.4. The maximum Gasteiger partial charge on any atom is 0.472 e. The van der Waals surface area contributed by atoms with E-state index >= 15 is 0 Å². The van der Waals surface area contributed by atoms with Gasteiger partial charge in [0.15, 0.2) is 0 Å². The molecule has 0 saturated carbocycles. The summed E-state index contributed by atoms with van der Waals surface area (Å²) >= 11 is 0. The third-order valence-electron chi connectivity index (χ3n) is 8.75. The maximum absolute atomic E-state index is 12.6. The van der Waals surface area contributed by atoms with Crippen LogP contribution in [0.25, 0.3) is 0 Å². The first kappa shape index (κ1) is 51.4. The van der Waals surface area contributed by atoms with Crippen molar-refractivity contribution in [3.05, 3.63) is 48.6 Å². The molecule has 0 aliphatic rings. The fourth-order valence-electron chi connectivity index (χ4n) is 5.54. The Morgan fingerprint density at radius 3 is 1.64 bits per heavy atom. The van der Waals surface area contributed by atoms with Crippen molar-refractivity contribution in [2.75, 3.05) is 33.0 Å². The second-order valence-corrected chi connectivity index (χ2v) is 15.4. The number of allylic oxidation sites excluding steroid dienone is 8. The number of hydrogen-bond donors (Lipinski definition) is 3. The van der Waals surface area contributed by atoms with E-state index in [4.69, 9.17) is 23.6 Å². The van der Waals surface area contributed by atoms with E-state index in [-0.39, 0.29) is 19.6 Å². The lowest BCUT2D eigenvalue weighted by molar-refractivity contribution is -0.154. The summed E-state index contributed by atoms with van der Waals surface area (Å²) in [4.78, 5) is 22.5. The van der Waals surface area contributed by atoms with Gasteiger partial charge in [0.25, 0.3) is 0 Å². The summed E-state index contributed by atoms with van der Waals surface area (Å²) in [5, 5.41) is 18.3. The van der Waals surface area contributed by atoms with Crippen molar-refractivity contribution in [3.63, 3.8) is 0 Å². The normalized spacial score (nSPS) is 14.6. The number of phosphoric acid groups is 1. The molecule has 53 heavy (non-hydrogen) atoms. The van der Waals surface area contributed by atoms with E-state index in [1.165, 1.54) is 70.6 Å². The molecule has 0 spiro atoms. The monoisotopic (exact) mass is 771 g/mol. The van der Waals surface area contributed by atoms with Crippen LogP contribution >= 0.6 is 7.82 Å². The van der Waals surface area contributed by atoms with E-state index in [9.17, 15) is 19.4 Å². The van der Waals surface area contributed by atoms with Crippen molar-refractivity contribution in [2.24, 2.45) is 0 Å². The molecule has 0 amide bonds. The molecule has 3 atom stereocenters. The quantitative estimate of drug-likeness (QED) is 0.0241. The van der Waals surface area contributed by atoms with Gasteiger partial charge in [-0.25, -0.2) is 4.57 Å². The third-order valence-corrected chi connectivity index (χ3v) is 9.70. The second-order valence-electron chi connectivity index (χ2n) is 14.0. The number of hydrogen-bond acceptors (Lipinski definition) is 8. The average Bonchev–Trinajstić information content (AvgIpc) is 3.15. The van der Waals surface area contributed by atoms with Gasteiger partial charge >= 0.3 is 13.8 Å². The Hall–Kier alpha value is -1.58. The van der Waals surface area contributed by atoms with Crippen LogP contribution in [-0.4, -0.2) is 66.3 Å². The van der Waals surface area contributed by atoms with Crippen LogP contribution in [0.3, 0.4) is 0 Å². The number of aliphatic hydroxyl groups is 2. The lowest BCUT2D eigenvalue weighted by Crippen LogP contribution is -2.29. The van der Waals surface area contributed by atoms with Crippen LogP contribution in [-0.2, 0) is 27.9 Å². The molecule has 0 aliphatic carbocycles. The van der Waals surface area contributed by atoms with Crippen LogP contribution in [0.4, 0.5) is 0 Å². The van der Waals surface area contributed by atoms with E-state index in [2.05, 4.69) is 62.5 Å². The van der Waals surface area contributed by atoms with Crippen LogP contribution < -0.4 is 0 Å². The minimum absolute atomic E-state index is 0.0400. The summed E-state index contributed by atoms with van der Waals surface area (Å²) in [6.07, 6.45) is 43.5. The first-order valence-electron chi connectivity index (χ1n) is 21.1. The molecular formula is C43H79O9P. The lowest BCUT2D eigenvalue weighted by Gasteiger charge is -2.20. The maximum atomic E-state index is 12.6. The molecule has 0 aromatic carbocycles. The Kier molecular flexibility index (Phi) is 38.9. The van der Waals surface area contributed by atoms with Gasteiger partial charge in [0.05, 0.1) is 26.4 Å². The highest BCUT2D eigenvalue weighted by molar-refractivity contribution is 7.47. The Morgan fingerprint density at radius 2 is 1.08 bits per heavy atom. The zero-order valence-electron chi connectivity index (χ0n) is 33.7. The number of unbranched alkanes of at least 4 members (excludes halogenated alkanes) is 18. The molecule has 10 heteroatoms. The van der Waals surface area contributed by atoms with Crippen molar-refractivity contribution in [1.82, 2.24) is 0 Å². The first-order chi connectivity index (χ1) is 25.8. The number of aliphatic hydroxyl groups excluding tert-OH is 2. The van der Waals surface area contributed by atoms with Gasteiger partial charge in [-0.1, -0.05) is 146 Å². The number of esters is 1. The number of ether oxygens (including phenoxy) is 2. The Bertz CT molecular complexity index is 965. The molecule has 3 N–H and O–H groups in total. The fraction of sp³-hybridized carbons (Fsp3) is 0.791. The highest BCUT2D eigenvalue weighted by atomic mass is 31.2. The summed E-state index contributed by atoms with van der Waals surface area (Å²) in [5.74, 6) is -0.396. The molecule has 3 unspecified atom stereocenters. The van der Waals surface area contributed by atoms with Gasteiger partial charge in [-0.2, -0.15) is 0 Å². The van der Waals surface area contributed by atoms with E-state index in [0.717, 1.165) is 77.0 Å². The van der Waals surface area contributed by atoms with Crippen LogP contribution in [0.1, 0.15) is 174 Å². The van der Waals surface area contributed by atoms with Gasteiger partial charge < -0.3 is 24.6 Å². The molecule has 0 aromatic heterocycles. The zero-order chi connectivity index (χ0) is 38.9. The van der Waals surface area contributed by atoms with Crippen molar-refractivity contribution in [2.45, 2.75) is 187 Å². The van der Waals surface area contributed by atoms with Gasteiger partial charge in [-0.3, -0.25) is 13.8 Å². The standard InChI is InChI=1S/C43H79O9P/c1-3-5-7-9-11-13-15-17-19-20-21-22-24-26-28-30-32-34-36-49-39-42(40-51-53(47,48)50-38-41(45)37-44)52-43(46)35-33-31-29-27-25-23-18-16-14-12-10-8-6-4-2/h5,7,11,13,16-19,41-42,44-45H,3-4,6,8-10,12,14-15,20-40H2,1-2H3,(H,47,48)/b7-5-,13-11-,18-16-,19-17-. The summed E-state index contributed by atoms with van der Waals surface area (Å²) < 4.78 is 33.3. The molecule has 0 heterocycles. The Morgan fingerprint density at radius 1 is 0.604 bits per heavy atom. The van der Waals surface area contributed by atoms with Crippen LogP contribution in [0, 0.1) is 0 Å². The van der Waals surface area contributed by atoms with Crippen molar-refractivity contribution in [3.8, 4) is 0 Å². The topological polar surface area (TPSA) is 132 Å². The Labute approximate surface area is 324 Å². The van der Waals surface area contributed by atoms with E-state index in [1.54, 1.807) is 0 Å². The molecule has 0 rings (SSSR count). The molecule has 0 fully saturated rings. The molecule has 9 nitrogen and oxygen atoms in total. The highest BCUT2D eigenvalue weighted by Crippen LogP contribution is 2.43. The number of carbonyl (C=O) groups is 1. The highest BCUT2D eigenvalue weighted by Gasteiger charge is 2.26. The van der Waals surface area contributed by atoms with Gasteiger partial charge in [-0.15, -0.1) is 0 Å². The number of rotatable bonds is 40. The molecule has 0 bridgehead atoms. The summed E-state index contributed by atoms with van der Waals surface area (Å²) in [5.41, 5.74) is 0. The van der Waals surface area contributed by atoms with E-state index in [1.807, 2.05) is 0 Å². The second kappa shape index (κ2) is 40.1. The summed E-state index contributed by atoms with van der Waals surface area (Å²) in [7, 11) is -4.52. The van der Waals surface area contributed by atoms with Crippen molar-refractivity contribution < 1.29 is 43.0 Å².